The molecule has 0 aliphatic carbocycles. The maximum atomic E-state index is 2.23. The summed E-state index contributed by atoms with van der Waals surface area (Å²) in [7, 11) is 0. The van der Waals surface area contributed by atoms with Gasteiger partial charge < -0.3 is 0 Å². The Labute approximate surface area is 95.0 Å². The molecule has 2 aromatic rings. The number of rotatable bonds is 3. The molecule has 0 aliphatic heterocycles. The van der Waals surface area contributed by atoms with Gasteiger partial charge in [0.2, 0.25) is 5.51 Å². The molecule has 0 atom stereocenters. The second kappa shape index (κ2) is 4.58. The van der Waals surface area contributed by atoms with Crippen LogP contribution in [0.3, 0.4) is 0 Å². The molecule has 0 radical (unpaired) electrons. The first-order valence-corrected chi connectivity index (χ1v) is 6.20. The minimum Gasteiger partial charge on any atom is -0.191 e. The third kappa shape index (κ3) is 2.66. The Balaban J connectivity index is 2.11. The van der Waals surface area contributed by atoms with Gasteiger partial charge in [-0.15, -0.1) is 0 Å². The molecule has 0 saturated heterocycles. The Hall–Kier alpha value is -1.15. The molecule has 0 unspecified atom stereocenters. The van der Waals surface area contributed by atoms with Gasteiger partial charge in [0.15, 0.2) is 12.7 Å². The van der Waals surface area contributed by atoms with Crippen LogP contribution in [-0.2, 0) is 6.54 Å². The monoisotopic (exact) mass is 218 g/mol. The molecule has 2 heteroatoms. The first kappa shape index (κ1) is 10.4. The van der Waals surface area contributed by atoms with Crippen LogP contribution in [0.25, 0.3) is 0 Å². The summed E-state index contributed by atoms with van der Waals surface area (Å²) in [5.74, 6) is 0.618. The zero-order chi connectivity index (χ0) is 10.7. The molecule has 0 bridgehead atoms. The number of hydrogen-bond acceptors (Lipinski definition) is 1. The normalized spacial score (nSPS) is 10.9. The van der Waals surface area contributed by atoms with Crippen molar-refractivity contribution >= 4 is 11.3 Å². The van der Waals surface area contributed by atoms with Crippen LogP contribution < -0.4 is 4.57 Å². The lowest BCUT2D eigenvalue weighted by Gasteiger charge is -2.04. The smallest absolute Gasteiger partial charge is 0.191 e. The Morgan fingerprint density at radius 3 is 2.47 bits per heavy atom. The van der Waals surface area contributed by atoms with Crippen LogP contribution >= 0.6 is 11.3 Å². The highest BCUT2D eigenvalue weighted by Gasteiger charge is 2.03. The molecule has 0 amide bonds. The van der Waals surface area contributed by atoms with E-state index in [1.165, 1.54) is 11.1 Å². The second-order valence-electron chi connectivity index (χ2n) is 4.10. The molecule has 0 aliphatic rings. The van der Waals surface area contributed by atoms with Crippen LogP contribution in [0, 0.1) is 0 Å². The standard InChI is InChI=1S/C13H16NS/c1-11(2)13-5-3-12(4-6-13)9-14-7-8-15-10-14/h3-8,10-11H,9H2,1-2H3/q+1. The van der Waals surface area contributed by atoms with Crippen LogP contribution in [0.15, 0.2) is 41.4 Å². The zero-order valence-corrected chi connectivity index (χ0v) is 10.00. The van der Waals surface area contributed by atoms with Crippen LogP contribution in [-0.4, -0.2) is 0 Å². The van der Waals surface area contributed by atoms with E-state index in [2.05, 4.69) is 59.8 Å². The summed E-state index contributed by atoms with van der Waals surface area (Å²) in [6.07, 6.45) is 2.11. The highest BCUT2D eigenvalue weighted by atomic mass is 32.1. The Bertz CT molecular complexity index is 401. The van der Waals surface area contributed by atoms with Crippen molar-refractivity contribution < 1.29 is 4.57 Å². The minimum absolute atomic E-state index is 0.618. The quantitative estimate of drug-likeness (QED) is 0.697. The highest BCUT2D eigenvalue weighted by Crippen LogP contribution is 2.14. The van der Waals surface area contributed by atoms with Gasteiger partial charge in [0.05, 0.1) is 5.38 Å². The van der Waals surface area contributed by atoms with Gasteiger partial charge >= 0.3 is 0 Å². The van der Waals surface area contributed by atoms with Gasteiger partial charge in [-0.3, -0.25) is 0 Å². The summed E-state index contributed by atoms with van der Waals surface area (Å²) >= 11 is 1.73. The molecule has 1 aromatic heterocycles. The molecule has 0 spiro atoms. The van der Waals surface area contributed by atoms with E-state index in [-0.39, 0.29) is 0 Å². The van der Waals surface area contributed by atoms with E-state index in [1.54, 1.807) is 11.3 Å². The summed E-state index contributed by atoms with van der Waals surface area (Å²) in [5.41, 5.74) is 4.91. The fraction of sp³-hybridized carbons (Fsp3) is 0.308. The lowest BCUT2D eigenvalue weighted by Crippen LogP contribution is -2.30. The SMILES string of the molecule is CC(C)c1ccc(C[n+]2ccsc2)cc1. The number of aromatic nitrogens is 1. The topological polar surface area (TPSA) is 3.88 Å². The molecule has 15 heavy (non-hydrogen) atoms. The van der Waals surface area contributed by atoms with E-state index >= 15 is 0 Å². The van der Waals surface area contributed by atoms with E-state index in [0.717, 1.165) is 6.54 Å². The molecule has 1 nitrogen and oxygen atoms in total. The lowest BCUT2D eigenvalue weighted by molar-refractivity contribution is -0.683. The van der Waals surface area contributed by atoms with Crippen molar-refractivity contribution in [3.05, 3.63) is 52.5 Å². The van der Waals surface area contributed by atoms with Gasteiger partial charge in [-0.1, -0.05) is 49.4 Å². The van der Waals surface area contributed by atoms with Crippen molar-refractivity contribution in [2.24, 2.45) is 0 Å². The largest absolute Gasteiger partial charge is 0.224 e. The van der Waals surface area contributed by atoms with Gasteiger partial charge in [-0.25, -0.2) is 0 Å². The van der Waals surface area contributed by atoms with Crippen LogP contribution in [0.5, 0.6) is 0 Å². The molecular formula is C13H16NS+. The third-order valence-corrected chi connectivity index (χ3v) is 3.21. The van der Waals surface area contributed by atoms with E-state index in [0.29, 0.717) is 5.92 Å². The Kier molecular flexibility index (Phi) is 3.17. The summed E-state index contributed by atoms with van der Waals surface area (Å²) < 4.78 is 2.20. The maximum absolute atomic E-state index is 2.23. The van der Waals surface area contributed by atoms with E-state index in [1.807, 2.05) is 0 Å². The predicted octanol–water partition coefficient (Wildman–Crippen LogP) is 3.21. The molecule has 78 valence electrons. The van der Waals surface area contributed by atoms with Crippen molar-refractivity contribution in [3.8, 4) is 0 Å². The van der Waals surface area contributed by atoms with Gasteiger partial charge in [-0.05, 0) is 11.5 Å². The van der Waals surface area contributed by atoms with Crippen molar-refractivity contribution in [1.82, 2.24) is 0 Å². The summed E-state index contributed by atoms with van der Waals surface area (Å²) in [5, 5.41) is 2.10. The average Bonchev–Trinajstić information content (AvgIpc) is 2.71. The molecule has 1 aromatic carbocycles. The van der Waals surface area contributed by atoms with Gasteiger partial charge in [0.25, 0.3) is 0 Å². The zero-order valence-electron chi connectivity index (χ0n) is 9.18. The number of thiazole rings is 1. The third-order valence-electron chi connectivity index (χ3n) is 2.54. The maximum Gasteiger partial charge on any atom is 0.224 e. The van der Waals surface area contributed by atoms with E-state index in [4.69, 9.17) is 0 Å². The summed E-state index contributed by atoms with van der Waals surface area (Å²) in [6.45, 7) is 5.42. The molecule has 1 heterocycles. The van der Waals surface area contributed by atoms with Crippen LogP contribution in [0.4, 0.5) is 0 Å². The second-order valence-corrected chi connectivity index (χ2v) is 4.85. The van der Waals surface area contributed by atoms with Crippen molar-refractivity contribution in [2.75, 3.05) is 0 Å². The van der Waals surface area contributed by atoms with Gasteiger partial charge in [0, 0.05) is 5.56 Å². The summed E-state index contributed by atoms with van der Waals surface area (Å²) in [6, 6.07) is 8.90. The summed E-state index contributed by atoms with van der Waals surface area (Å²) in [4.78, 5) is 0. The molecule has 0 fully saturated rings. The fourth-order valence-electron chi connectivity index (χ4n) is 1.57. The highest BCUT2D eigenvalue weighted by molar-refractivity contribution is 7.07. The van der Waals surface area contributed by atoms with E-state index < -0.39 is 0 Å². The molecule has 0 saturated carbocycles. The van der Waals surface area contributed by atoms with Crippen LogP contribution in [0.2, 0.25) is 0 Å². The molecule has 2 rings (SSSR count). The van der Waals surface area contributed by atoms with Crippen molar-refractivity contribution in [1.29, 1.82) is 0 Å². The van der Waals surface area contributed by atoms with Crippen molar-refractivity contribution in [2.45, 2.75) is 26.3 Å². The first-order chi connectivity index (χ1) is 7.25. The Morgan fingerprint density at radius 1 is 1.20 bits per heavy atom. The number of hydrogen-bond donors (Lipinski definition) is 0. The van der Waals surface area contributed by atoms with Gasteiger partial charge in [-0.2, -0.15) is 4.57 Å². The number of benzene rings is 1. The predicted molar refractivity (Wildman–Crippen MR) is 64.1 cm³/mol. The Morgan fingerprint density at radius 2 is 1.93 bits per heavy atom. The van der Waals surface area contributed by atoms with Gasteiger partial charge in [0.1, 0.15) is 0 Å². The minimum atomic E-state index is 0.618. The molecule has 0 N–H and O–H groups in total. The first-order valence-electron chi connectivity index (χ1n) is 5.26. The average molecular weight is 218 g/mol. The fourth-order valence-corrected chi connectivity index (χ4v) is 2.17. The number of nitrogens with zero attached hydrogens (tertiary/aromatic N) is 1. The van der Waals surface area contributed by atoms with Crippen LogP contribution in [0.1, 0.15) is 30.9 Å². The van der Waals surface area contributed by atoms with E-state index in [9.17, 15) is 0 Å². The lowest BCUT2D eigenvalue weighted by atomic mass is 10.0. The van der Waals surface area contributed by atoms with Crippen molar-refractivity contribution in [3.63, 3.8) is 0 Å². The molecular weight excluding hydrogens is 202 g/mol.